The van der Waals surface area contributed by atoms with E-state index >= 15 is 0 Å². The van der Waals surface area contributed by atoms with Crippen LogP contribution < -0.4 is 10.1 Å². The monoisotopic (exact) mass is 298 g/mol. The van der Waals surface area contributed by atoms with E-state index in [0.717, 1.165) is 34.3 Å². The van der Waals surface area contributed by atoms with E-state index in [1.807, 2.05) is 13.8 Å². The molecular weight excluding hydrogens is 281 g/mol. The van der Waals surface area contributed by atoms with Crippen LogP contribution in [-0.2, 0) is 6.42 Å². The Hall–Kier alpha value is -1.98. The standard InChI is InChI=1S/C15H17F3N2O/c1-4-12-9(2)14(19-3)11-7-10(5-6-13(11)20-12)21-8-15(16,17)18/h5-7H,4,8H2,1-3H3,(H,19,20). The molecule has 2 aromatic rings. The molecule has 6 heteroatoms. The average molecular weight is 298 g/mol. The summed E-state index contributed by atoms with van der Waals surface area (Å²) in [7, 11) is 1.78. The molecule has 1 aromatic carbocycles. The molecule has 0 spiro atoms. The van der Waals surface area contributed by atoms with Crippen LogP contribution in [-0.4, -0.2) is 24.8 Å². The molecule has 1 heterocycles. The SMILES string of the molecule is CCc1nc2ccc(OCC(F)(F)F)cc2c(NC)c1C. The number of benzene rings is 1. The van der Waals surface area contributed by atoms with Crippen LogP contribution in [0.3, 0.4) is 0 Å². The van der Waals surface area contributed by atoms with Crippen LogP contribution in [0.25, 0.3) is 10.9 Å². The molecule has 2 rings (SSSR count). The van der Waals surface area contributed by atoms with Crippen molar-refractivity contribution in [2.24, 2.45) is 0 Å². The van der Waals surface area contributed by atoms with Crippen molar-refractivity contribution in [2.45, 2.75) is 26.4 Å². The van der Waals surface area contributed by atoms with Gasteiger partial charge in [-0.1, -0.05) is 6.92 Å². The fourth-order valence-corrected chi connectivity index (χ4v) is 2.31. The van der Waals surface area contributed by atoms with Gasteiger partial charge in [0.25, 0.3) is 0 Å². The van der Waals surface area contributed by atoms with Crippen molar-refractivity contribution in [2.75, 3.05) is 19.0 Å². The molecule has 0 fully saturated rings. The minimum Gasteiger partial charge on any atom is -0.484 e. The van der Waals surface area contributed by atoms with Crippen molar-refractivity contribution < 1.29 is 17.9 Å². The van der Waals surface area contributed by atoms with Gasteiger partial charge in [0.1, 0.15) is 5.75 Å². The van der Waals surface area contributed by atoms with Gasteiger partial charge in [0.05, 0.1) is 5.52 Å². The zero-order chi connectivity index (χ0) is 15.6. The number of hydrogen-bond donors (Lipinski definition) is 1. The number of pyridine rings is 1. The summed E-state index contributed by atoms with van der Waals surface area (Å²) in [5.74, 6) is 0.182. The van der Waals surface area contributed by atoms with E-state index in [4.69, 9.17) is 4.74 Å². The van der Waals surface area contributed by atoms with Crippen molar-refractivity contribution in [3.8, 4) is 5.75 Å². The molecule has 0 saturated carbocycles. The molecule has 0 aliphatic carbocycles. The van der Waals surface area contributed by atoms with E-state index < -0.39 is 12.8 Å². The van der Waals surface area contributed by atoms with Crippen LogP contribution in [0.5, 0.6) is 5.75 Å². The fourth-order valence-electron chi connectivity index (χ4n) is 2.31. The van der Waals surface area contributed by atoms with E-state index in [-0.39, 0.29) is 5.75 Å². The van der Waals surface area contributed by atoms with E-state index in [9.17, 15) is 13.2 Å². The first-order valence-corrected chi connectivity index (χ1v) is 6.66. The number of halogens is 3. The molecule has 21 heavy (non-hydrogen) atoms. The second kappa shape index (κ2) is 5.79. The first kappa shape index (κ1) is 15.4. The van der Waals surface area contributed by atoms with Gasteiger partial charge in [-0.2, -0.15) is 13.2 Å². The quantitative estimate of drug-likeness (QED) is 0.923. The second-order valence-electron chi connectivity index (χ2n) is 4.74. The van der Waals surface area contributed by atoms with Gasteiger partial charge in [0, 0.05) is 23.8 Å². The maximum atomic E-state index is 12.2. The molecule has 0 saturated heterocycles. The fraction of sp³-hybridized carbons (Fsp3) is 0.400. The average Bonchev–Trinajstić information content (AvgIpc) is 2.43. The number of alkyl halides is 3. The molecule has 0 amide bonds. The van der Waals surface area contributed by atoms with Gasteiger partial charge in [-0.25, -0.2) is 0 Å². The normalized spacial score (nSPS) is 11.7. The van der Waals surface area contributed by atoms with Crippen LogP contribution in [0.2, 0.25) is 0 Å². The van der Waals surface area contributed by atoms with E-state index in [1.165, 1.54) is 6.07 Å². The first-order chi connectivity index (χ1) is 9.85. The van der Waals surface area contributed by atoms with Crippen molar-refractivity contribution in [1.82, 2.24) is 4.98 Å². The number of ether oxygens (including phenoxy) is 1. The van der Waals surface area contributed by atoms with Gasteiger partial charge >= 0.3 is 6.18 Å². The Bertz CT molecular complexity index is 653. The number of nitrogens with one attached hydrogen (secondary N) is 1. The molecule has 0 unspecified atom stereocenters. The van der Waals surface area contributed by atoms with E-state index in [1.54, 1.807) is 19.2 Å². The highest BCUT2D eigenvalue weighted by atomic mass is 19.4. The molecule has 1 N–H and O–H groups in total. The molecule has 0 radical (unpaired) electrons. The van der Waals surface area contributed by atoms with Gasteiger partial charge in [-0.05, 0) is 37.1 Å². The third-order valence-corrected chi connectivity index (χ3v) is 3.29. The number of rotatable bonds is 4. The molecule has 114 valence electrons. The lowest BCUT2D eigenvalue weighted by Crippen LogP contribution is -2.19. The Labute approximate surface area is 121 Å². The van der Waals surface area contributed by atoms with Crippen molar-refractivity contribution in [3.05, 3.63) is 29.5 Å². The van der Waals surface area contributed by atoms with E-state index in [2.05, 4.69) is 10.3 Å². The highest BCUT2D eigenvalue weighted by molar-refractivity contribution is 5.94. The third kappa shape index (κ3) is 3.37. The van der Waals surface area contributed by atoms with Crippen LogP contribution in [0.15, 0.2) is 18.2 Å². The number of anilines is 1. The molecular formula is C15H17F3N2O. The minimum atomic E-state index is -4.35. The highest BCUT2D eigenvalue weighted by Gasteiger charge is 2.28. The molecule has 3 nitrogen and oxygen atoms in total. The Kier molecular flexibility index (Phi) is 4.25. The Morgan fingerprint density at radius 1 is 1.29 bits per heavy atom. The van der Waals surface area contributed by atoms with Gasteiger partial charge in [0.2, 0.25) is 0 Å². The van der Waals surface area contributed by atoms with Crippen molar-refractivity contribution >= 4 is 16.6 Å². The summed E-state index contributed by atoms with van der Waals surface area (Å²) in [6, 6.07) is 4.78. The van der Waals surface area contributed by atoms with Gasteiger partial charge < -0.3 is 10.1 Å². The zero-order valence-electron chi connectivity index (χ0n) is 12.1. The molecule has 0 aliphatic rings. The topological polar surface area (TPSA) is 34.1 Å². The van der Waals surface area contributed by atoms with Gasteiger partial charge in [0.15, 0.2) is 6.61 Å². The Morgan fingerprint density at radius 3 is 2.57 bits per heavy atom. The largest absolute Gasteiger partial charge is 0.484 e. The van der Waals surface area contributed by atoms with Crippen LogP contribution in [0, 0.1) is 6.92 Å². The predicted octanol–water partition coefficient (Wildman–Crippen LogP) is 4.09. The smallest absolute Gasteiger partial charge is 0.422 e. The summed E-state index contributed by atoms with van der Waals surface area (Å²) in [5.41, 5.74) is 3.58. The summed E-state index contributed by atoms with van der Waals surface area (Å²) < 4.78 is 41.4. The minimum absolute atomic E-state index is 0.182. The zero-order valence-corrected chi connectivity index (χ0v) is 12.1. The van der Waals surface area contributed by atoms with Gasteiger partial charge in [-0.15, -0.1) is 0 Å². The molecule has 0 bridgehead atoms. The Morgan fingerprint density at radius 2 is 2.00 bits per heavy atom. The summed E-state index contributed by atoms with van der Waals surface area (Å²) in [5, 5.41) is 3.85. The first-order valence-electron chi connectivity index (χ1n) is 6.66. The molecule has 0 atom stereocenters. The number of hydrogen-bond acceptors (Lipinski definition) is 3. The van der Waals surface area contributed by atoms with E-state index in [0.29, 0.717) is 0 Å². The third-order valence-electron chi connectivity index (χ3n) is 3.29. The predicted molar refractivity (Wildman–Crippen MR) is 77.0 cm³/mol. The lowest BCUT2D eigenvalue weighted by molar-refractivity contribution is -0.153. The molecule has 0 aliphatic heterocycles. The van der Waals surface area contributed by atoms with Crippen LogP contribution >= 0.6 is 0 Å². The Balaban J connectivity index is 2.47. The number of fused-ring (bicyclic) bond motifs is 1. The number of aryl methyl sites for hydroxylation is 1. The van der Waals surface area contributed by atoms with Gasteiger partial charge in [-0.3, -0.25) is 4.98 Å². The van der Waals surface area contributed by atoms with Crippen molar-refractivity contribution in [3.63, 3.8) is 0 Å². The highest BCUT2D eigenvalue weighted by Crippen LogP contribution is 2.31. The summed E-state index contributed by atoms with van der Waals surface area (Å²) in [6.07, 6.45) is -3.55. The summed E-state index contributed by atoms with van der Waals surface area (Å²) in [6.45, 7) is 2.66. The number of aromatic nitrogens is 1. The van der Waals surface area contributed by atoms with Crippen molar-refractivity contribution in [1.29, 1.82) is 0 Å². The number of nitrogens with zero attached hydrogens (tertiary/aromatic N) is 1. The molecule has 1 aromatic heterocycles. The van der Waals surface area contributed by atoms with Crippen LogP contribution in [0.1, 0.15) is 18.2 Å². The summed E-state index contributed by atoms with van der Waals surface area (Å²) >= 11 is 0. The lowest BCUT2D eigenvalue weighted by Gasteiger charge is -2.15. The maximum absolute atomic E-state index is 12.2. The van der Waals surface area contributed by atoms with Crippen LogP contribution in [0.4, 0.5) is 18.9 Å². The maximum Gasteiger partial charge on any atom is 0.422 e. The lowest BCUT2D eigenvalue weighted by atomic mass is 10.1. The summed E-state index contributed by atoms with van der Waals surface area (Å²) in [4.78, 5) is 4.53. The second-order valence-corrected chi connectivity index (χ2v) is 4.74.